The molecule has 0 radical (unpaired) electrons. The third-order valence-electron chi connectivity index (χ3n) is 3.95. The zero-order valence-electron chi connectivity index (χ0n) is 18.3. The van der Waals surface area contributed by atoms with Crippen LogP contribution < -0.4 is 14.8 Å². The average Bonchev–Trinajstić information content (AvgIpc) is 2.61. The van der Waals surface area contributed by atoms with Crippen molar-refractivity contribution in [1.29, 1.82) is 0 Å². The summed E-state index contributed by atoms with van der Waals surface area (Å²) >= 11 is 0. The summed E-state index contributed by atoms with van der Waals surface area (Å²) in [6, 6.07) is 4.96. The Balaban J connectivity index is 3.20. The highest BCUT2D eigenvalue weighted by Gasteiger charge is 2.29. The highest BCUT2D eigenvalue weighted by molar-refractivity contribution is 5.72. The van der Waals surface area contributed by atoms with Gasteiger partial charge in [0.2, 0.25) is 0 Å². The van der Waals surface area contributed by atoms with Crippen LogP contribution in [0.5, 0.6) is 11.5 Å². The normalized spacial score (nSPS) is 13.5. The van der Waals surface area contributed by atoms with Gasteiger partial charge in [0.05, 0.1) is 14.2 Å². The molecule has 8 heteroatoms. The molecule has 164 valence electrons. The molecule has 2 unspecified atom stereocenters. The first-order valence-corrected chi connectivity index (χ1v) is 9.56. The van der Waals surface area contributed by atoms with Gasteiger partial charge in [-0.3, -0.25) is 5.32 Å². The van der Waals surface area contributed by atoms with E-state index in [1.54, 1.807) is 39.0 Å². The first kappa shape index (κ1) is 24.6. The Morgan fingerprint density at radius 3 is 2.24 bits per heavy atom. The van der Waals surface area contributed by atoms with E-state index in [2.05, 4.69) is 5.32 Å². The van der Waals surface area contributed by atoms with Crippen LogP contribution >= 0.6 is 0 Å². The Morgan fingerprint density at radius 1 is 1.10 bits per heavy atom. The van der Waals surface area contributed by atoms with Gasteiger partial charge in [-0.25, -0.2) is 9.59 Å². The zero-order chi connectivity index (χ0) is 22.2. The van der Waals surface area contributed by atoms with Gasteiger partial charge in [0, 0.05) is 11.6 Å². The number of hydrogen-bond donors (Lipinski definition) is 2. The molecular formula is C21H33NO7. The number of carbonyl (C=O) groups is 2. The number of hydrogen-bond acceptors (Lipinski definition) is 6. The average molecular weight is 411 g/mol. The standard InChI is InChI=1S/C21H33NO7/c1-13(2)8-11-16(19(23)24)28-18(22-20(25)29-21(3,4)5)15-10-9-14(26-6)12-17(15)27-7/h9-10,12-13,16,18H,8,11H2,1-7H3,(H,22,25)(H,23,24). The molecule has 1 aromatic carbocycles. The van der Waals surface area contributed by atoms with Gasteiger partial charge in [-0.15, -0.1) is 0 Å². The van der Waals surface area contributed by atoms with Crippen LogP contribution in [0.3, 0.4) is 0 Å². The van der Waals surface area contributed by atoms with Gasteiger partial charge >= 0.3 is 12.1 Å². The highest BCUT2D eigenvalue weighted by Crippen LogP contribution is 2.32. The van der Waals surface area contributed by atoms with E-state index < -0.39 is 30.0 Å². The second-order valence-corrected chi connectivity index (χ2v) is 8.07. The van der Waals surface area contributed by atoms with Crippen LogP contribution in [0, 0.1) is 5.92 Å². The minimum atomic E-state index is -1.11. The largest absolute Gasteiger partial charge is 0.497 e. The van der Waals surface area contributed by atoms with Crippen molar-refractivity contribution in [3.63, 3.8) is 0 Å². The van der Waals surface area contributed by atoms with Crippen molar-refractivity contribution in [2.45, 2.75) is 65.4 Å². The van der Waals surface area contributed by atoms with Gasteiger partial charge in [-0.05, 0) is 51.7 Å². The Kier molecular flexibility index (Phi) is 9.23. The number of ether oxygens (including phenoxy) is 4. The van der Waals surface area contributed by atoms with E-state index in [1.807, 2.05) is 13.8 Å². The maximum atomic E-state index is 12.4. The summed E-state index contributed by atoms with van der Waals surface area (Å²) in [6.45, 7) is 9.21. The predicted molar refractivity (Wildman–Crippen MR) is 108 cm³/mol. The molecule has 0 heterocycles. The maximum Gasteiger partial charge on any atom is 0.409 e. The molecule has 0 aliphatic heterocycles. The number of alkyl carbamates (subject to hydrolysis) is 1. The van der Waals surface area contributed by atoms with Gasteiger partial charge in [0.25, 0.3) is 0 Å². The third-order valence-corrected chi connectivity index (χ3v) is 3.95. The summed E-state index contributed by atoms with van der Waals surface area (Å²) in [4.78, 5) is 24.1. The van der Waals surface area contributed by atoms with E-state index in [0.29, 0.717) is 35.8 Å². The Labute approximate surface area is 172 Å². The number of carbonyl (C=O) groups excluding carboxylic acids is 1. The summed E-state index contributed by atoms with van der Waals surface area (Å²) in [6.07, 6.45) is -1.95. The van der Waals surface area contributed by atoms with E-state index in [9.17, 15) is 14.7 Å². The Morgan fingerprint density at radius 2 is 1.76 bits per heavy atom. The molecule has 0 aliphatic carbocycles. The van der Waals surface area contributed by atoms with Crippen LogP contribution in [0.25, 0.3) is 0 Å². The minimum Gasteiger partial charge on any atom is -0.497 e. The summed E-state index contributed by atoms with van der Waals surface area (Å²) in [5.74, 6) is 0.150. The van der Waals surface area contributed by atoms with E-state index in [-0.39, 0.29) is 0 Å². The van der Waals surface area contributed by atoms with E-state index in [0.717, 1.165) is 0 Å². The fourth-order valence-corrected chi connectivity index (χ4v) is 2.53. The summed E-state index contributed by atoms with van der Waals surface area (Å²) in [5, 5.41) is 12.2. The molecule has 0 bridgehead atoms. The van der Waals surface area contributed by atoms with Crippen molar-refractivity contribution in [2.75, 3.05) is 14.2 Å². The van der Waals surface area contributed by atoms with Crippen molar-refractivity contribution >= 4 is 12.1 Å². The summed E-state index contributed by atoms with van der Waals surface area (Å²) < 4.78 is 21.7. The van der Waals surface area contributed by atoms with Gasteiger partial charge in [0.15, 0.2) is 12.3 Å². The Bertz CT molecular complexity index is 682. The fraction of sp³-hybridized carbons (Fsp3) is 0.619. The molecule has 0 fully saturated rings. The number of carboxylic acids is 1. The van der Waals surface area contributed by atoms with Crippen molar-refractivity contribution in [3.05, 3.63) is 23.8 Å². The monoisotopic (exact) mass is 411 g/mol. The molecule has 0 aromatic heterocycles. The number of amides is 1. The lowest BCUT2D eigenvalue weighted by Gasteiger charge is -2.27. The molecule has 2 atom stereocenters. The lowest BCUT2D eigenvalue weighted by Crippen LogP contribution is -2.39. The number of benzene rings is 1. The molecule has 0 aliphatic rings. The number of aliphatic carboxylic acids is 1. The van der Waals surface area contributed by atoms with Crippen LogP contribution in [0.2, 0.25) is 0 Å². The van der Waals surface area contributed by atoms with Crippen molar-refractivity contribution in [3.8, 4) is 11.5 Å². The lowest BCUT2D eigenvalue weighted by molar-refractivity contribution is -0.157. The van der Waals surface area contributed by atoms with Gasteiger partial charge in [-0.2, -0.15) is 0 Å². The number of carboxylic acid groups (broad SMARTS) is 1. The van der Waals surface area contributed by atoms with Gasteiger partial charge < -0.3 is 24.1 Å². The van der Waals surface area contributed by atoms with E-state index in [1.165, 1.54) is 14.2 Å². The highest BCUT2D eigenvalue weighted by atomic mass is 16.6. The topological polar surface area (TPSA) is 103 Å². The zero-order valence-corrected chi connectivity index (χ0v) is 18.3. The summed E-state index contributed by atoms with van der Waals surface area (Å²) in [7, 11) is 2.99. The van der Waals surface area contributed by atoms with E-state index in [4.69, 9.17) is 18.9 Å². The number of methoxy groups -OCH3 is 2. The molecular weight excluding hydrogens is 378 g/mol. The van der Waals surface area contributed by atoms with Gasteiger partial charge in [-0.1, -0.05) is 13.8 Å². The molecule has 29 heavy (non-hydrogen) atoms. The van der Waals surface area contributed by atoms with Crippen LogP contribution in [-0.2, 0) is 14.3 Å². The third kappa shape index (κ3) is 8.60. The minimum absolute atomic E-state index is 0.304. The molecule has 2 N–H and O–H groups in total. The predicted octanol–water partition coefficient (Wildman–Crippen LogP) is 4.13. The first-order valence-electron chi connectivity index (χ1n) is 9.56. The van der Waals surface area contributed by atoms with Crippen LogP contribution in [-0.4, -0.2) is 43.1 Å². The molecule has 0 spiro atoms. The van der Waals surface area contributed by atoms with Crippen LogP contribution in [0.4, 0.5) is 4.79 Å². The lowest BCUT2D eigenvalue weighted by atomic mass is 10.0. The van der Waals surface area contributed by atoms with Gasteiger partial charge in [0.1, 0.15) is 17.1 Å². The summed E-state index contributed by atoms with van der Waals surface area (Å²) in [5.41, 5.74) is -0.266. The van der Waals surface area contributed by atoms with Crippen LogP contribution in [0.15, 0.2) is 18.2 Å². The molecule has 1 aromatic rings. The molecule has 0 saturated heterocycles. The van der Waals surface area contributed by atoms with Crippen molar-refractivity contribution < 1.29 is 33.6 Å². The second kappa shape index (κ2) is 10.9. The quantitative estimate of drug-likeness (QED) is 0.558. The molecule has 0 saturated carbocycles. The second-order valence-electron chi connectivity index (χ2n) is 8.07. The fourth-order valence-electron chi connectivity index (χ4n) is 2.53. The molecule has 1 amide bonds. The SMILES string of the molecule is COc1ccc(C(NC(=O)OC(C)(C)C)OC(CCC(C)C)C(=O)O)c(OC)c1. The smallest absolute Gasteiger partial charge is 0.409 e. The van der Waals surface area contributed by atoms with Crippen molar-refractivity contribution in [2.24, 2.45) is 5.92 Å². The van der Waals surface area contributed by atoms with E-state index >= 15 is 0 Å². The maximum absolute atomic E-state index is 12.4. The Hall–Kier alpha value is -2.48. The first-order chi connectivity index (χ1) is 13.5. The number of nitrogens with one attached hydrogen (secondary N) is 1. The molecule has 8 nitrogen and oxygen atoms in total. The number of rotatable bonds is 10. The van der Waals surface area contributed by atoms with Crippen LogP contribution in [0.1, 0.15) is 59.3 Å². The van der Waals surface area contributed by atoms with Crippen molar-refractivity contribution in [1.82, 2.24) is 5.32 Å². The molecule has 1 rings (SSSR count).